The Kier molecular flexibility index (Phi) is 5.31. The standard InChI is InChI=1S/C13H18FN3O3/c1-3-6-16-10(18)7-17(2)9-5-4-8(14)12(15)11(9)13(19)20/h4-5H,3,6-7,15H2,1-2H3,(H,16,18)(H,19,20). The zero-order valence-electron chi connectivity index (χ0n) is 11.4. The summed E-state index contributed by atoms with van der Waals surface area (Å²) >= 11 is 0. The summed E-state index contributed by atoms with van der Waals surface area (Å²) in [5.74, 6) is -2.37. The molecule has 1 amide bonds. The van der Waals surface area contributed by atoms with Crippen molar-refractivity contribution in [2.45, 2.75) is 13.3 Å². The Bertz CT molecular complexity index is 520. The number of carboxylic acids is 1. The van der Waals surface area contributed by atoms with Gasteiger partial charge in [0.15, 0.2) is 0 Å². The Labute approximate surface area is 116 Å². The lowest BCUT2D eigenvalue weighted by molar-refractivity contribution is -0.119. The second kappa shape index (κ2) is 6.74. The predicted octanol–water partition coefficient (Wildman–Crippen LogP) is 1.07. The lowest BCUT2D eigenvalue weighted by Gasteiger charge is -2.21. The number of carbonyl (C=O) groups excluding carboxylic acids is 1. The molecule has 0 saturated carbocycles. The molecule has 1 aromatic rings. The van der Waals surface area contributed by atoms with E-state index < -0.39 is 17.5 Å². The van der Waals surface area contributed by atoms with Crippen LogP contribution in [0.1, 0.15) is 23.7 Å². The number of likely N-dealkylation sites (N-methyl/N-ethyl adjacent to an activating group) is 1. The van der Waals surface area contributed by atoms with Gasteiger partial charge in [0.05, 0.1) is 17.9 Å². The molecule has 6 nitrogen and oxygen atoms in total. The topological polar surface area (TPSA) is 95.7 Å². The maximum atomic E-state index is 13.3. The number of halogens is 1. The number of benzene rings is 1. The number of aromatic carboxylic acids is 1. The van der Waals surface area contributed by atoms with Crippen LogP contribution < -0.4 is 16.0 Å². The number of carbonyl (C=O) groups is 2. The summed E-state index contributed by atoms with van der Waals surface area (Å²) in [5.41, 5.74) is 4.88. The fourth-order valence-corrected chi connectivity index (χ4v) is 1.75. The summed E-state index contributed by atoms with van der Waals surface area (Å²) < 4.78 is 13.3. The van der Waals surface area contributed by atoms with Crippen molar-refractivity contribution in [1.82, 2.24) is 5.32 Å². The molecule has 0 radical (unpaired) electrons. The lowest BCUT2D eigenvalue weighted by atomic mass is 10.1. The van der Waals surface area contributed by atoms with E-state index in [-0.39, 0.29) is 23.7 Å². The normalized spacial score (nSPS) is 10.2. The predicted molar refractivity (Wildman–Crippen MR) is 74.3 cm³/mol. The molecule has 0 atom stereocenters. The zero-order valence-corrected chi connectivity index (χ0v) is 11.4. The number of hydrogen-bond acceptors (Lipinski definition) is 4. The van der Waals surface area contributed by atoms with Gasteiger partial charge in [-0.1, -0.05) is 6.92 Å². The van der Waals surface area contributed by atoms with Gasteiger partial charge in [-0.05, 0) is 18.6 Å². The molecular formula is C13H18FN3O3. The maximum Gasteiger partial charge on any atom is 0.340 e. The van der Waals surface area contributed by atoms with Crippen molar-refractivity contribution >= 4 is 23.3 Å². The molecule has 0 spiro atoms. The van der Waals surface area contributed by atoms with Crippen LogP contribution in [0.4, 0.5) is 15.8 Å². The zero-order chi connectivity index (χ0) is 15.3. The molecule has 110 valence electrons. The quantitative estimate of drug-likeness (QED) is 0.679. The largest absolute Gasteiger partial charge is 0.478 e. The van der Waals surface area contributed by atoms with Crippen LogP contribution in [0.15, 0.2) is 12.1 Å². The number of anilines is 2. The molecule has 0 aliphatic carbocycles. The Morgan fingerprint density at radius 2 is 2.10 bits per heavy atom. The summed E-state index contributed by atoms with van der Waals surface area (Å²) in [6, 6.07) is 2.37. The second-order valence-corrected chi connectivity index (χ2v) is 4.37. The Hall–Kier alpha value is -2.31. The molecule has 0 aliphatic rings. The first kappa shape index (κ1) is 15.7. The van der Waals surface area contributed by atoms with Crippen molar-refractivity contribution in [2.24, 2.45) is 0 Å². The molecular weight excluding hydrogens is 265 g/mol. The maximum absolute atomic E-state index is 13.3. The van der Waals surface area contributed by atoms with Gasteiger partial charge >= 0.3 is 5.97 Å². The fourth-order valence-electron chi connectivity index (χ4n) is 1.75. The third-order valence-corrected chi connectivity index (χ3v) is 2.75. The van der Waals surface area contributed by atoms with Crippen molar-refractivity contribution in [1.29, 1.82) is 0 Å². The van der Waals surface area contributed by atoms with Gasteiger partial charge in [-0.15, -0.1) is 0 Å². The second-order valence-electron chi connectivity index (χ2n) is 4.37. The van der Waals surface area contributed by atoms with Crippen molar-refractivity contribution in [3.63, 3.8) is 0 Å². The van der Waals surface area contributed by atoms with E-state index in [9.17, 15) is 14.0 Å². The van der Waals surface area contributed by atoms with Gasteiger partial charge in [-0.3, -0.25) is 4.79 Å². The highest BCUT2D eigenvalue weighted by Gasteiger charge is 2.20. The van der Waals surface area contributed by atoms with E-state index in [1.165, 1.54) is 11.0 Å². The van der Waals surface area contributed by atoms with Crippen LogP contribution in [0.5, 0.6) is 0 Å². The van der Waals surface area contributed by atoms with Crippen LogP contribution in [0.3, 0.4) is 0 Å². The highest BCUT2D eigenvalue weighted by molar-refractivity contribution is 6.00. The fraction of sp³-hybridized carbons (Fsp3) is 0.385. The summed E-state index contributed by atoms with van der Waals surface area (Å²) in [5, 5.41) is 11.8. The number of rotatable bonds is 6. The monoisotopic (exact) mass is 283 g/mol. The van der Waals surface area contributed by atoms with Gasteiger partial charge < -0.3 is 21.1 Å². The lowest BCUT2D eigenvalue weighted by Crippen LogP contribution is -2.36. The number of nitrogens with zero attached hydrogens (tertiary/aromatic N) is 1. The van der Waals surface area contributed by atoms with Gasteiger partial charge in [0, 0.05) is 13.6 Å². The molecule has 20 heavy (non-hydrogen) atoms. The Balaban J connectivity index is 2.98. The van der Waals surface area contributed by atoms with E-state index in [0.29, 0.717) is 6.54 Å². The van der Waals surface area contributed by atoms with Gasteiger partial charge in [0.2, 0.25) is 5.91 Å². The first-order valence-corrected chi connectivity index (χ1v) is 6.17. The molecule has 4 N–H and O–H groups in total. The summed E-state index contributed by atoms with van der Waals surface area (Å²) in [7, 11) is 1.55. The minimum absolute atomic E-state index is 0.0364. The average molecular weight is 283 g/mol. The summed E-state index contributed by atoms with van der Waals surface area (Å²) in [4.78, 5) is 24.2. The molecule has 7 heteroatoms. The van der Waals surface area contributed by atoms with Gasteiger partial charge in [-0.25, -0.2) is 9.18 Å². The smallest absolute Gasteiger partial charge is 0.340 e. The number of nitrogens with one attached hydrogen (secondary N) is 1. The van der Waals surface area contributed by atoms with Crippen LogP contribution in [-0.2, 0) is 4.79 Å². The van der Waals surface area contributed by atoms with Crippen molar-refractivity contribution in [2.75, 3.05) is 30.8 Å². The molecule has 0 aliphatic heterocycles. The highest BCUT2D eigenvalue weighted by atomic mass is 19.1. The number of amides is 1. The molecule has 0 bridgehead atoms. The minimum atomic E-state index is -1.34. The van der Waals surface area contributed by atoms with Crippen LogP contribution >= 0.6 is 0 Å². The van der Waals surface area contributed by atoms with Crippen LogP contribution in [0.25, 0.3) is 0 Å². The molecule has 0 unspecified atom stereocenters. The van der Waals surface area contributed by atoms with Crippen molar-refractivity contribution in [3.05, 3.63) is 23.5 Å². The van der Waals surface area contributed by atoms with Gasteiger partial charge in [0.1, 0.15) is 11.4 Å². The minimum Gasteiger partial charge on any atom is -0.478 e. The average Bonchev–Trinajstić information content (AvgIpc) is 2.38. The van der Waals surface area contributed by atoms with Crippen molar-refractivity contribution < 1.29 is 19.1 Å². The SMILES string of the molecule is CCCNC(=O)CN(C)c1ccc(F)c(N)c1C(=O)O. The van der Waals surface area contributed by atoms with E-state index in [0.717, 1.165) is 12.5 Å². The van der Waals surface area contributed by atoms with E-state index in [1.54, 1.807) is 7.05 Å². The Morgan fingerprint density at radius 1 is 1.45 bits per heavy atom. The molecule has 1 aromatic carbocycles. The van der Waals surface area contributed by atoms with E-state index in [1.807, 2.05) is 6.92 Å². The summed E-state index contributed by atoms with van der Waals surface area (Å²) in [6.07, 6.45) is 0.805. The van der Waals surface area contributed by atoms with E-state index >= 15 is 0 Å². The van der Waals surface area contributed by atoms with E-state index in [2.05, 4.69) is 5.32 Å². The van der Waals surface area contributed by atoms with Gasteiger partial charge in [-0.2, -0.15) is 0 Å². The molecule has 0 heterocycles. The van der Waals surface area contributed by atoms with Gasteiger partial charge in [0.25, 0.3) is 0 Å². The van der Waals surface area contributed by atoms with Crippen molar-refractivity contribution in [3.8, 4) is 0 Å². The number of carboxylic acid groups (broad SMARTS) is 1. The third kappa shape index (κ3) is 3.59. The van der Waals surface area contributed by atoms with Crippen LogP contribution in [0.2, 0.25) is 0 Å². The van der Waals surface area contributed by atoms with Crippen LogP contribution in [-0.4, -0.2) is 37.1 Å². The molecule has 0 aromatic heterocycles. The summed E-state index contributed by atoms with van der Waals surface area (Å²) in [6.45, 7) is 2.43. The first-order chi connectivity index (χ1) is 9.38. The van der Waals surface area contributed by atoms with Crippen LogP contribution in [0, 0.1) is 5.82 Å². The Morgan fingerprint density at radius 3 is 2.65 bits per heavy atom. The third-order valence-electron chi connectivity index (χ3n) is 2.75. The van der Waals surface area contributed by atoms with E-state index in [4.69, 9.17) is 10.8 Å². The molecule has 0 saturated heterocycles. The molecule has 1 rings (SSSR count). The number of nitrogens with two attached hydrogens (primary N) is 1. The number of hydrogen-bond donors (Lipinski definition) is 3. The number of nitrogen functional groups attached to an aromatic ring is 1. The molecule has 0 fully saturated rings. The highest BCUT2D eigenvalue weighted by Crippen LogP contribution is 2.27. The first-order valence-electron chi connectivity index (χ1n) is 6.17.